The van der Waals surface area contributed by atoms with Gasteiger partial charge in [-0.05, 0) is 12.1 Å². The molecule has 0 saturated carbocycles. The van der Waals surface area contributed by atoms with Gasteiger partial charge in [-0.25, -0.2) is 19.6 Å². The molecular weight excluding hydrogens is 264 g/mol. The molecule has 2 aromatic rings. The zero-order chi connectivity index (χ0) is 13.1. The van der Waals surface area contributed by atoms with Crippen molar-refractivity contribution in [2.24, 2.45) is 5.84 Å². The van der Waals surface area contributed by atoms with Crippen molar-refractivity contribution in [1.29, 1.82) is 0 Å². The molecule has 4 N–H and O–H groups in total. The lowest BCUT2D eigenvalue weighted by atomic mass is 10.3. The minimum atomic E-state index is -1.02. The van der Waals surface area contributed by atoms with Crippen LogP contribution in [-0.4, -0.2) is 9.97 Å². The largest absolute Gasteiger partial charge is 0.336 e. The smallest absolute Gasteiger partial charge is 0.239 e. The van der Waals surface area contributed by atoms with E-state index >= 15 is 0 Å². The molecule has 0 saturated heterocycles. The normalized spacial score (nSPS) is 10.2. The average molecular weight is 272 g/mol. The second kappa shape index (κ2) is 5.11. The number of benzene rings is 1. The van der Waals surface area contributed by atoms with Gasteiger partial charge in [0.25, 0.3) is 0 Å². The zero-order valence-electron chi connectivity index (χ0n) is 8.92. The third-order valence-corrected chi connectivity index (χ3v) is 2.35. The fourth-order valence-electron chi connectivity index (χ4n) is 1.25. The molecule has 1 aromatic carbocycles. The molecule has 0 aliphatic heterocycles. The Morgan fingerprint density at radius 2 is 2.06 bits per heavy atom. The number of halogens is 3. The van der Waals surface area contributed by atoms with E-state index in [0.717, 1.165) is 6.07 Å². The zero-order valence-corrected chi connectivity index (χ0v) is 9.67. The standard InChI is InChI=1S/C10H8ClF2N5/c11-5-4-15-10(18-14)17-9(5)16-7-3-1-2-6(12)8(7)13/h1-4H,14H2,(H2,15,16,17,18). The third-order valence-electron chi connectivity index (χ3n) is 2.08. The van der Waals surface area contributed by atoms with Crippen molar-refractivity contribution >= 4 is 29.1 Å². The van der Waals surface area contributed by atoms with Gasteiger partial charge in [0.2, 0.25) is 5.95 Å². The summed E-state index contributed by atoms with van der Waals surface area (Å²) in [6.07, 6.45) is 1.28. The van der Waals surface area contributed by atoms with Gasteiger partial charge in [0.1, 0.15) is 5.02 Å². The van der Waals surface area contributed by atoms with E-state index in [9.17, 15) is 8.78 Å². The highest BCUT2D eigenvalue weighted by molar-refractivity contribution is 6.32. The van der Waals surface area contributed by atoms with Crippen molar-refractivity contribution in [2.75, 3.05) is 10.7 Å². The molecule has 0 aliphatic rings. The van der Waals surface area contributed by atoms with E-state index in [2.05, 4.69) is 20.7 Å². The van der Waals surface area contributed by atoms with Gasteiger partial charge in [0.05, 0.1) is 11.9 Å². The molecule has 1 heterocycles. The number of nitrogens with one attached hydrogen (secondary N) is 2. The first-order valence-corrected chi connectivity index (χ1v) is 5.20. The second-order valence-corrected chi connectivity index (χ2v) is 3.67. The highest BCUT2D eigenvalue weighted by Gasteiger charge is 2.11. The molecule has 0 unspecified atom stereocenters. The van der Waals surface area contributed by atoms with E-state index in [1.54, 1.807) is 0 Å². The molecule has 0 atom stereocenters. The van der Waals surface area contributed by atoms with Gasteiger partial charge in [0, 0.05) is 0 Å². The summed E-state index contributed by atoms with van der Waals surface area (Å²) >= 11 is 5.82. The molecule has 18 heavy (non-hydrogen) atoms. The minimum absolute atomic E-state index is 0.0847. The Labute approximate surface area is 106 Å². The third kappa shape index (κ3) is 2.47. The van der Waals surface area contributed by atoms with Crippen LogP contribution in [0.15, 0.2) is 24.4 Å². The number of anilines is 3. The molecule has 0 bridgehead atoms. The fraction of sp³-hybridized carbons (Fsp3) is 0. The van der Waals surface area contributed by atoms with E-state index < -0.39 is 11.6 Å². The number of rotatable bonds is 3. The first-order chi connectivity index (χ1) is 8.61. The van der Waals surface area contributed by atoms with Gasteiger partial charge in [-0.2, -0.15) is 4.98 Å². The molecule has 0 fully saturated rings. The van der Waals surface area contributed by atoms with E-state index in [4.69, 9.17) is 17.4 Å². The monoisotopic (exact) mass is 271 g/mol. The van der Waals surface area contributed by atoms with Crippen LogP contribution in [0.5, 0.6) is 0 Å². The Morgan fingerprint density at radius 3 is 2.78 bits per heavy atom. The summed E-state index contributed by atoms with van der Waals surface area (Å²) in [5.41, 5.74) is 2.13. The first kappa shape index (κ1) is 12.5. The molecule has 2 rings (SSSR count). The maximum atomic E-state index is 13.4. The van der Waals surface area contributed by atoms with Crippen molar-refractivity contribution < 1.29 is 8.78 Å². The van der Waals surface area contributed by atoms with Gasteiger partial charge in [-0.15, -0.1) is 0 Å². The van der Waals surface area contributed by atoms with Crippen molar-refractivity contribution in [3.05, 3.63) is 41.1 Å². The Balaban J connectivity index is 2.36. The lowest BCUT2D eigenvalue weighted by Crippen LogP contribution is -2.11. The first-order valence-electron chi connectivity index (χ1n) is 4.82. The Morgan fingerprint density at radius 1 is 1.28 bits per heavy atom. The minimum Gasteiger partial charge on any atom is -0.336 e. The highest BCUT2D eigenvalue weighted by atomic mass is 35.5. The van der Waals surface area contributed by atoms with Gasteiger partial charge in [-0.3, -0.25) is 5.43 Å². The predicted molar refractivity (Wildman–Crippen MR) is 64.5 cm³/mol. The van der Waals surface area contributed by atoms with Crippen LogP contribution < -0.4 is 16.6 Å². The van der Waals surface area contributed by atoms with Crippen LogP contribution in [0.2, 0.25) is 5.02 Å². The summed E-state index contributed by atoms with van der Waals surface area (Å²) in [6, 6.07) is 3.72. The molecule has 94 valence electrons. The van der Waals surface area contributed by atoms with Crippen molar-refractivity contribution in [3.63, 3.8) is 0 Å². The topological polar surface area (TPSA) is 75.9 Å². The second-order valence-electron chi connectivity index (χ2n) is 3.26. The predicted octanol–water partition coefficient (Wildman–Crippen LogP) is 2.44. The van der Waals surface area contributed by atoms with Gasteiger partial charge in [-0.1, -0.05) is 17.7 Å². The number of hydrogen-bond donors (Lipinski definition) is 3. The summed E-state index contributed by atoms with van der Waals surface area (Å²) in [4.78, 5) is 7.63. The number of hydrogen-bond acceptors (Lipinski definition) is 5. The molecule has 0 radical (unpaired) electrons. The summed E-state index contributed by atoms with van der Waals surface area (Å²) in [5, 5.41) is 2.71. The Hall–Kier alpha value is -1.99. The Kier molecular flexibility index (Phi) is 3.54. The molecule has 8 heteroatoms. The van der Waals surface area contributed by atoms with Crippen LogP contribution in [0, 0.1) is 11.6 Å². The maximum Gasteiger partial charge on any atom is 0.239 e. The molecule has 0 spiro atoms. The van der Waals surface area contributed by atoms with Crippen LogP contribution in [0.4, 0.5) is 26.2 Å². The van der Waals surface area contributed by atoms with E-state index in [1.165, 1.54) is 18.3 Å². The van der Waals surface area contributed by atoms with Gasteiger partial charge in [0.15, 0.2) is 17.5 Å². The summed E-state index contributed by atoms with van der Waals surface area (Å²) in [5.74, 6) is 3.36. The molecule has 1 aromatic heterocycles. The van der Waals surface area contributed by atoms with Crippen LogP contribution in [-0.2, 0) is 0 Å². The average Bonchev–Trinajstić information content (AvgIpc) is 2.37. The van der Waals surface area contributed by atoms with Crippen molar-refractivity contribution in [2.45, 2.75) is 0 Å². The van der Waals surface area contributed by atoms with Crippen LogP contribution in [0.1, 0.15) is 0 Å². The van der Waals surface area contributed by atoms with Crippen molar-refractivity contribution in [3.8, 4) is 0 Å². The van der Waals surface area contributed by atoms with Crippen LogP contribution >= 0.6 is 11.6 Å². The molecular formula is C10H8ClF2N5. The van der Waals surface area contributed by atoms with E-state index in [-0.39, 0.29) is 22.5 Å². The SMILES string of the molecule is NNc1ncc(Cl)c(Nc2cccc(F)c2F)n1. The number of nitrogens with two attached hydrogens (primary N) is 1. The lowest BCUT2D eigenvalue weighted by molar-refractivity contribution is 0.511. The van der Waals surface area contributed by atoms with Crippen LogP contribution in [0.25, 0.3) is 0 Å². The fourth-order valence-corrected chi connectivity index (χ4v) is 1.39. The van der Waals surface area contributed by atoms with Crippen molar-refractivity contribution in [1.82, 2.24) is 9.97 Å². The number of nitrogen functional groups attached to an aromatic ring is 1. The van der Waals surface area contributed by atoms with Gasteiger partial charge < -0.3 is 5.32 Å². The summed E-state index contributed by atoms with van der Waals surface area (Å²) in [6.45, 7) is 0. The highest BCUT2D eigenvalue weighted by Crippen LogP contribution is 2.25. The number of hydrazine groups is 1. The molecule has 0 amide bonds. The number of nitrogens with zero attached hydrogens (tertiary/aromatic N) is 2. The van der Waals surface area contributed by atoms with Gasteiger partial charge >= 0.3 is 0 Å². The number of aromatic nitrogens is 2. The summed E-state index contributed by atoms with van der Waals surface area (Å²) in [7, 11) is 0. The van der Waals surface area contributed by atoms with Crippen LogP contribution in [0.3, 0.4) is 0 Å². The quantitative estimate of drug-likeness (QED) is 0.590. The summed E-state index contributed by atoms with van der Waals surface area (Å²) < 4.78 is 26.5. The Bertz CT molecular complexity index is 578. The van der Waals surface area contributed by atoms with E-state index in [1.807, 2.05) is 0 Å². The molecule has 0 aliphatic carbocycles. The van der Waals surface area contributed by atoms with E-state index in [0.29, 0.717) is 0 Å². The lowest BCUT2D eigenvalue weighted by Gasteiger charge is -2.09. The molecule has 5 nitrogen and oxygen atoms in total. The maximum absolute atomic E-state index is 13.4.